The minimum Gasteiger partial charge on any atom is -0.393 e. The Morgan fingerprint density at radius 1 is 1.00 bits per heavy atom. The molecule has 0 aromatic heterocycles. The van der Waals surface area contributed by atoms with Crippen LogP contribution in [0.15, 0.2) is 0 Å². The molecule has 0 amide bonds. The van der Waals surface area contributed by atoms with Gasteiger partial charge in [0, 0.05) is 0 Å². The zero-order valence-corrected chi connectivity index (χ0v) is 9.91. The third kappa shape index (κ3) is 1.32. The van der Waals surface area contributed by atoms with Gasteiger partial charge in [-0.1, -0.05) is 32.1 Å². The van der Waals surface area contributed by atoms with Crippen LogP contribution in [0.25, 0.3) is 0 Å². The molecule has 0 aliphatic heterocycles. The Hall–Kier alpha value is -0.0400. The molecular weight excluding hydrogens is 184 g/mol. The van der Waals surface area contributed by atoms with E-state index in [2.05, 4.69) is 6.92 Å². The van der Waals surface area contributed by atoms with Crippen molar-refractivity contribution in [2.45, 2.75) is 64.4 Å². The highest BCUT2D eigenvalue weighted by atomic mass is 16.3. The lowest BCUT2D eigenvalue weighted by molar-refractivity contribution is -0.0658. The molecule has 1 heteroatoms. The Labute approximate surface area is 93.3 Å². The standard InChI is InChI=1S/C14H24O/c1-10(15)14-8-3-6-11-4-2-5-12(7-9-14)13(11)14/h10-13,15H,2-9H2,1H3. The average Bonchev–Trinajstić information content (AvgIpc) is 2.62. The first kappa shape index (κ1) is 10.1. The highest BCUT2D eigenvalue weighted by molar-refractivity contribution is 5.05. The average molecular weight is 208 g/mol. The highest BCUT2D eigenvalue weighted by Crippen LogP contribution is 2.62. The predicted molar refractivity (Wildman–Crippen MR) is 61.5 cm³/mol. The van der Waals surface area contributed by atoms with Gasteiger partial charge in [-0.2, -0.15) is 0 Å². The van der Waals surface area contributed by atoms with E-state index in [0.29, 0.717) is 5.41 Å². The van der Waals surface area contributed by atoms with Crippen LogP contribution in [0.3, 0.4) is 0 Å². The van der Waals surface area contributed by atoms with Crippen LogP contribution in [0.2, 0.25) is 0 Å². The van der Waals surface area contributed by atoms with Crippen LogP contribution in [-0.4, -0.2) is 11.2 Å². The first-order valence-corrected chi connectivity index (χ1v) is 6.92. The van der Waals surface area contributed by atoms with E-state index in [-0.39, 0.29) is 6.10 Å². The molecule has 3 aliphatic rings. The molecule has 0 aromatic rings. The van der Waals surface area contributed by atoms with Gasteiger partial charge in [0.2, 0.25) is 0 Å². The van der Waals surface area contributed by atoms with Crippen molar-refractivity contribution in [1.82, 2.24) is 0 Å². The quantitative estimate of drug-likeness (QED) is 0.700. The maximum Gasteiger partial charge on any atom is 0.0571 e. The molecule has 5 atom stereocenters. The van der Waals surface area contributed by atoms with Gasteiger partial charge in [0.15, 0.2) is 0 Å². The maximum atomic E-state index is 10.2. The smallest absolute Gasteiger partial charge is 0.0571 e. The summed E-state index contributed by atoms with van der Waals surface area (Å²) < 4.78 is 0. The molecule has 1 N–H and O–H groups in total. The van der Waals surface area contributed by atoms with Crippen LogP contribution >= 0.6 is 0 Å². The second kappa shape index (κ2) is 3.48. The monoisotopic (exact) mass is 208 g/mol. The lowest BCUT2D eigenvalue weighted by atomic mass is 9.56. The molecule has 15 heavy (non-hydrogen) atoms. The van der Waals surface area contributed by atoms with E-state index in [0.717, 1.165) is 17.8 Å². The van der Waals surface area contributed by atoms with Crippen molar-refractivity contribution in [2.24, 2.45) is 23.2 Å². The fraction of sp³-hybridized carbons (Fsp3) is 1.00. The minimum atomic E-state index is -0.0617. The summed E-state index contributed by atoms with van der Waals surface area (Å²) in [5.41, 5.74) is 0.341. The second-order valence-corrected chi connectivity index (χ2v) is 6.32. The van der Waals surface area contributed by atoms with Crippen LogP contribution in [0.1, 0.15) is 58.3 Å². The van der Waals surface area contributed by atoms with E-state index in [4.69, 9.17) is 0 Å². The van der Waals surface area contributed by atoms with Gasteiger partial charge in [-0.25, -0.2) is 0 Å². The van der Waals surface area contributed by atoms with Gasteiger partial charge in [0.05, 0.1) is 6.10 Å². The number of hydrogen-bond donors (Lipinski definition) is 1. The molecular formula is C14H24O. The summed E-state index contributed by atoms with van der Waals surface area (Å²) in [4.78, 5) is 0. The third-order valence-corrected chi connectivity index (χ3v) is 5.86. The first-order valence-electron chi connectivity index (χ1n) is 6.92. The van der Waals surface area contributed by atoms with Crippen molar-refractivity contribution < 1.29 is 5.11 Å². The molecule has 0 saturated heterocycles. The molecule has 0 heterocycles. The lowest BCUT2D eigenvalue weighted by Gasteiger charge is -2.50. The zero-order chi connectivity index (χ0) is 10.5. The Morgan fingerprint density at radius 2 is 1.67 bits per heavy atom. The molecule has 5 unspecified atom stereocenters. The molecule has 0 radical (unpaired) electrons. The number of rotatable bonds is 1. The normalized spacial score (nSPS) is 51.2. The Balaban J connectivity index is 1.94. The lowest BCUT2D eigenvalue weighted by Crippen LogP contribution is -2.46. The summed E-state index contributed by atoms with van der Waals surface area (Å²) in [6.07, 6.45) is 11.2. The zero-order valence-electron chi connectivity index (χ0n) is 9.91. The number of hydrogen-bond acceptors (Lipinski definition) is 1. The van der Waals surface area contributed by atoms with E-state index in [1.807, 2.05) is 0 Å². The Morgan fingerprint density at radius 3 is 2.40 bits per heavy atom. The van der Waals surface area contributed by atoms with E-state index >= 15 is 0 Å². The fourth-order valence-corrected chi connectivity index (χ4v) is 5.27. The van der Waals surface area contributed by atoms with Crippen molar-refractivity contribution in [1.29, 1.82) is 0 Å². The molecule has 3 saturated carbocycles. The van der Waals surface area contributed by atoms with E-state index in [1.165, 1.54) is 51.4 Å². The van der Waals surface area contributed by atoms with Crippen molar-refractivity contribution >= 4 is 0 Å². The fourth-order valence-electron chi connectivity index (χ4n) is 5.27. The molecule has 86 valence electrons. The van der Waals surface area contributed by atoms with Gasteiger partial charge in [-0.3, -0.25) is 0 Å². The Kier molecular flexibility index (Phi) is 2.35. The van der Waals surface area contributed by atoms with Crippen molar-refractivity contribution in [3.8, 4) is 0 Å². The highest BCUT2D eigenvalue weighted by Gasteiger charge is 2.55. The maximum absolute atomic E-state index is 10.2. The summed E-state index contributed by atoms with van der Waals surface area (Å²) in [5.74, 6) is 2.83. The van der Waals surface area contributed by atoms with Crippen molar-refractivity contribution in [3.63, 3.8) is 0 Å². The molecule has 3 aliphatic carbocycles. The molecule has 3 rings (SSSR count). The molecule has 0 aromatic carbocycles. The Bertz CT molecular complexity index is 246. The summed E-state index contributed by atoms with van der Waals surface area (Å²) in [6, 6.07) is 0. The second-order valence-electron chi connectivity index (χ2n) is 6.32. The van der Waals surface area contributed by atoms with Crippen LogP contribution in [-0.2, 0) is 0 Å². The summed E-state index contributed by atoms with van der Waals surface area (Å²) in [5, 5.41) is 10.2. The largest absolute Gasteiger partial charge is 0.393 e. The van der Waals surface area contributed by atoms with Crippen LogP contribution in [0.4, 0.5) is 0 Å². The summed E-state index contributed by atoms with van der Waals surface area (Å²) in [6.45, 7) is 2.05. The summed E-state index contributed by atoms with van der Waals surface area (Å²) in [7, 11) is 0. The van der Waals surface area contributed by atoms with Crippen LogP contribution in [0, 0.1) is 23.2 Å². The van der Waals surface area contributed by atoms with Crippen molar-refractivity contribution in [2.75, 3.05) is 0 Å². The van der Waals surface area contributed by atoms with Gasteiger partial charge in [0.25, 0.3) is 0 Å². The van der Waals surface area contributed by atoms with E-state index in [9.17, 15) is 5.11 Å². The summed E-state index contributed by atoms with van der Waals surface area (Å²) >= 11 is 0. The molecule has 1 nitrogen and oxygen atoms in total. The van der Waals surface area contributed by atoms with Crippen molar-refractivity contribution in [3.05, 3.63) is 0 Å². The van der Waals surface area contributed by atoms with Gasteiger partial charge >= 0.3 is 0 Å². The molecule has 0 spiro atoms. The van der Waals surface area contributed by atoms with Gasteiger partial charge in [0.1, 0.15) is 0 Å². The minimum absolute atomic E-state index is 0.0617. The predicted octanol–water partition coefficient (Wildman–Crippen LogP) is 3.36. The van der Waals surface area contributed by atoms with Gasteiger partial charge in [-0.15, -0.1) is 0 Å². The first-order chi connectivity index (χ1) is 7.24. The van der Waals surface area contributed by atoms with Gasteiger partial charge in [-0.05, 0) is 49.4 Å². The molecule has 3 fully saturated rings. The van der Waals surface area contributed by atoms with E-state index in [1.54, 1.807) is 0 Å². The molecule has 0 bridgehead atoms. The SMILES string of the molecule is CC(O)C12CCCC3CCCC(CC1)C32. The van der Waals surface area contributed by atoms with Crippen LogP contribution in [0.5, 0.6) is 0 Å². The van der Waals surface area contributed by atoms with Gasteiger partial charge < -0.3 is 5.11 Å². The number of aliphatic hydroxyl groups is 1. The third-order valence-electron chi connectivity index (χ3n) is 5.86. The number of aliphatic hydroxyl groups excluding tert-OH is 1. The topological polar surface area (TPSA) is 20.2 Å². The van der Waals surface area contributed by atoms with Crippen LogP contribution < -0.4 is 0 Å². The van der Waals surface area contributed by atoms with E-state index < -0.39 is 0 Å².